The minimum absolute atomic E-state index is 0. The van der Waals surface area contributed by atoms with E-state index >= 15 is 0 Å². The Hall–Kier alpha value is -1.95. The first kappa shape index (κ1) is 30.3. The molecular weight excluding hydrogens is 579 g/mol. The Morgan fingerprint density at radius 3 is 1.86 bits per heavy atom. The zero-order chi connectivity index (χ0) is 25.3. The van der Waals surface area contributed by atoms with Gasteiger partial charge >= 0.3 is 81.0 Å². The molecule has 0 aliphatic heterocycles. The fourth-order valence-electron chi connectivity index (χ4n) is 3.27. The molecule has 3 aromatic rings. The van der Waals surface area contributed by atoms with Gasteiger partial charge in [0.15, 0.2) is 11.5 Å². The van der Waals surface area contributed by atoms with Gasteiger partial charge in [0.2, 0.25) is 0 Å². The topological polar surface area (TPSA) is 94.1 Å². The Bertz CT molecular complexity index is 1120. The average molecular weight is 611 g/mol. The van der Waals surface area contributed by atoms with Crippen LogP contribution in [0, 0.1) is 0 Å². The number of rotatable bonds is 10. The molecular formula is C28H32CsNO6. The van der Waals surface area contributed by atoms with Crippen LogP contribution in [0.4, 0.5) is 4.79 Å². The number of hydrogen-bond acceptors (Lipinski definition) is 5. The molecule has 7 nitrogen and oxygen atoms in total. The summed E-state index contributed by atoms with van der Waals surface area (Å²) in [5.41, 5.74) is 1.94. The number of amides is 1. The number of ether oxygens (including phenoxy) is 3. The van der Waals surface area contributed by atoms with Crippen molar-refractivity contribution >= 4 is 12.1 Å². The first-order chi connectivity index (χ1) is 16.7. The van der Waals surface area contributed by atoms with Gasteiger partial charge < -0.3 is 26.1 Å². The second-order valence-electron chi connectivity index (χ2n) is 9.07. The fourth-order valence-corrected chi connectivity index (χ4v) is 3.27. The quantitative estimate of drug-likeness (QED) is 0.366. The Morgan fingerprint density at radius 2 is 1.36 bits per heavy atom. The molecule has 0 bridgehead atoms. The molecule has 186 valence electrons. The molecule has 0 fully saturated rings. The number of nitrogens with one attached hydrogen (secondary N) is 1. The predicted molar refractivity (Wildman–Crippen MR) is 134 cm³/mol. The van der Waals surface area contributed by atoms with Crippen molar-refractivity contribution in [3.63, 3.8) is 0 Å². The van der Waals surface area contributed by atoms with Gasteiger partial charge in [-0.05, 0) is 49.6 Å². The van der Waals surface area contributed by atoms with Gasteiger partial charge in [-0.2, -0.15) is 0 Å². The number of hydrogen-bond donors (Lipinski definition) is 2. The first-order valence-electron chi connectivity index (χ1n) is 11.4. The van der Waals surface area contributed by atoms with E-state index in [0.717, 1.165) is 11.1 Å². The van der Waals surface area contributed by atoms with Crippen molar-refractivity contribution in [1.82, 2.24) is 5.32 Å². The molecule has 1 amide bonds. The summed E-state index contributed by atoms with van der Waals surface area (Å²) in [6.07, 6.45) is -0.733. The molecule has 36 heavy (non-hydrogen) atoms. The maximum atomic E-state index is 12.1. The monoisotopic (exact) mass is 611 g/mol. The molecule has 0 unspecified atom stereocenters. The van der Waals surface area contributed by atoms with E-state index < -0.39 is 23.7 Å². The van der Waals surface area contributed by atoms with Crippen molar-refractivity contribution < 1.29 is 99.2 Å². The van der Waals surface area contributed by atoms with E-state index in [2.05, 4.69) is 5.32 Å². The second kappa shape index (κ2) is 14.7. The van der Waals surface area contributed by atoms with Gasteiger partial charge in [-0.1, -0.05) is 66.7 Å². The number of aliphatic carboxylic acids is 1. The maximum Gasteiger partial charge on any atom is 1.00 e. The molecule has 8 heteroatoms. The van der Waals surface area contributed by atoms with Crippen LogP contribution in [-0.4, -0.2) is 28.8 Å². The second-order valence-corrected chi connectivity index (χ2v) is 9.07. The van der Waals surface area contributed by atoms with E-state index in [-0.39, 0.29) is 76.7 Å². The molecule has 0 saturated heterocycles. The molecule has 3 aromatic carbocycles. The van der Waals surface area contributed by atoms with Crippen LogP contribution in [0.25, 0.3) is 0 Å². The van der Waals surface area contributed by atoms with Crippen LogP contribution >= 0.6 is 0 Å². The summed E-state index contributed by atoms with van der Waals surface area (Å²) in [6, 6.07) is 23.6. The number of carboxylic acids is 1. The van der Waals surface area contributed by atoms with Crippen molar-refractivity contribution in [1.29, 1.82) is 0 Å². The van der Waals surface area contributed by atoms with Crippen molar-refractivity contribution in [3.8, 4) is 11.5 Å². The third kappa shape index (κ3) is 10.6. The number of carbonyl (C=O) groups excluding carboxylic acids is 1. The summed E-state index contributed by atoms with van der Waals surface area (Å²) < 4.78 is 17.3. The van der Waals surface area contributed by atoms with Gasteiger partial charge in [0.1, 0.15) is 24.9 Å². The number of carbonyl (C=O) groups is 2. The molecule has 0 aromatic heterocycles. The minimum atomic E-state index is -1.16. The Kier molecular flexibility index (Phi) is 12.4. The van der Waals surface area contributed by atoms with Gasteiger partial charge in [-0.25, -0.2) is 9.59 Å². The molecule has 0 radical (unpaired) electrons. The summed E-state index contributed by atoms with van der Waals surface area (Å²) in [6.45, 7) is 5.83. The molecule has 0 aliphatic carbocycles. The average Bonchev–Trinajstić information content (AvgIpc) is 2.81. The Balaban J connectivity index is 0.00000342. The van der Waals surface area contributed by atoms with Gasteiger partial charge in [-0.3, -0.25) is 0 Å². The van der Waals surface area contributed by atoms with Crippen LogP contribution in [-0.2, 0) is 29.2 Å². The van der Waals surface area contributed by atoms with Crippen LogP contribution in [0.5, 0.6) is 11.5 Å². The Labute approximate surface area is 272 Å². The van der Waals surface area contributed by atoms with Crippen LogP contribution in [0.15, 0.2) is 78.9 Å². The van der Waals surface area contributed by atoms with Crippen molar-refractivity contribution in [2.24, 2.45) is 0 Å². The normalized spacial score (nSPS) is 11.5. The zero-order valence-corrected chi connectivity index (χ0v) is 27.5. The summed E-state index contributed by atoms with van der Waals surface area (Å²) in [5.74, 6) is -0.129. The summed E-state index contributed by atoms with van der Waals surface area (Å²) in [5, 5.41) is 12.1. The van der Waals surface area contributed by atoms with Crippen molar-refractivity contribution in [3.05, 3.63) is 95.6 Å². The van der Waals surface area contributed by atoms with Gasteiger partial charge in [0.05, 0.1) is 0 Å². The van der Waals surface area contributed by atoms with E-state index in [1.54, 1.807) is 39.0 Å². The molecule has 1 atom stereocenters. The SMILES string of the molecule is CC(C)(C)OC(=O)N[C@@H](Cc1ccc(OCc2ccccc2)c(OCc2ccccc2)c1)C(=O)O.[Cs+].[H-]. The standard InChI is InChI=1S/C28H31NO6.Cs.H/c1-28(2,3)35-27(32)29-23(26(30)31)16-22-14-15-24(33-18-20-10-6-4-7-11-20)25(17-22)34-19-21-12-8-5-9-13-21;;/h4-15,17,23H,16,18-19H2,1-3H3,(H,29,32)(H,30,31);;/q;+1;-1/t23-;;/m0../s1. The number of alkyl carbamates (subject to hydrolysis) is 1. The molecule has 0 aliphatic rings. The van der Waals surface area contributed by atoms with Gasteiger partial charge in [-0.15, -0.1) is 0 Å². The smallest absolute Gasteiger partial charge is 1.00 e. The summed E-state index contributed by atoms with van der Waals surface area (Å²) in [7, 11) is 0. The molecule has 0 heterocycles. The summed E-state index contributed by atoms with van der Waals surface area (Å²) in [4.78, 5) is 23.9. The molecule has 0 spiro atoms. The first-order valence-corrected chi connectivity index (χ1v) is 11.4. The van der Waals surface area contributed by atoms with Crippen LogP contribution in [0.1, 0.15) is 38.9 Å². The van der Waals surface area contributed by atoms with E-state index in [9.17, 15) is 14.7 Å². The third-order valence-corrected chi connectivity index (χ3v) is 4.91. The molecule has 0 saturated carbocycles. The van der Waals surface area contributed by atoms with Crippen molar-refractivity contribution in [2.45, 2.75) is 52.0 Å². The van der Waals surface area contributed by atoms with Crippen LogP contribution in [0.3, 0.4) is 0 Å². The molecule has 3 rings (SSSR count). The Morgan fingerprint density at radius 1 is 0.833 bits per heavy atom. The van der Waals surface area contributed by atoms with E-state index in [1.165, 1.54) is 0 Å². The van der Waals surface area contributed by atoms with Gasteiger partial charge in [0, 0.05) is 6.42 Å². The zero-order valence-electron chi connectivity index (χ0n) is 22.2. The third-order valence-electron chi connectivity index (χ3n) is 4.91. The molecule has 2 N–H and O–H groups in total. The predicted octanol–water partition coefficient (Wildman–Crippen LogP) is 2.48. The minimum Gasteiger partial charge on any atom is -1.00 e. The number of carboxylic acid groups (broad SMARTS) is 1. The van der Waals surface area contributed by atoms with Crippen molar-refractivity contribution in [2.75, 3.05) is 0 Å². The van der Waals surface area contributed by atoms with Crippen LogP contribution in [0.2, 0.25) is 0 Å². The van der Waals surface area contributed by atoms with E-state index in [1.807, 2.05) is 60.7 Å². The van der Waals surface area contributed by atoms with Gasteiger partial charge in [0.25, 0.3) is 0 Å². The maximum absolute atomic E-state index is 12.1. The number of benzene rings is 3. The largest absolute Gasteiger partial charge is 1.00 e. The van der Waals surface area contributed by atoms with E-state index in [4.69, 9.17) is 14.2 Å². The fraction of sp³-hybridized carbons (Fsp3) is 0.286. The summed E-state index contributed by atoms with van der Waals surface area (Å²) >= 11 is 0. The van der Waals surface area contributed by atoms with E-state index in [0.29, 0.717) is 30.3 Å². The van der Waals surface area contributed by atoms with Crippen LogP contribution < -0.4 is 83.7 Å².